The predicted molar refractivity (Wildman–Crippen MR) is 164 cm³/mol. The summed E-state index contributed by atoms with van der Waals surface area (Å²) in [6, 6.07) is 33.7. The van der Waals surface area contributed by atoms with Crippen molar-refractivity contribution in [2.24, 2.45) is 0 Å². The Morgan fingerprint density at radius 1 is 0.605 bits per heavy atom. The van der Waals surface area contributed by atoms with Gasteiger partial charge in [0.25, 0.3) is 0 Å². The maximum atomic E-state index is 13.8. The molecule has 0 radical (unpaired) electrons. The molecule has 2 atom stereocenters. The standard InChI is InChI=1S/C35H33N3O5/c39-33(37-32(20-25-12-4-1-5-13-25)34(40)42-23-26-14-6-2-7-15-26)31(21-28-22-36-30-19-11-10-18-29(28)30)38-35(41)43-24-27-16-8-3-9-17-27/h1-19,22,31-32,36H,20-21,23-24H2,(H,37,39)(H,38,41)/t31-,32+/m1/s1. The number of hydrogen-bond donors (Lipinski definition) is 3. The van der Waals surface area contributed by atoms with Gasteiger partial charge in [-0.1, -0.05) is 109 Å². The molecule has 0 aliphatic rings. The van der Waals surface area contributed by atoms with Crippen LogP contribution in [0.5, 0.6) is 0 Å². The molecule has 0 fully saturated rings. The topological polar surface area (TPSA) is 110 Å². The SMILES string of the molecule is O=C(N[C@H](Cc1c[nH]c2ccccc12)C(=O)N[C@@H](Cc1ccccc1)C(=O)OCc1ccccc1)OCc1ccccc1. The van der Waals surface area contributed by atoms with Crippen LogP contribution in [0, 0.1) is 0 Å². The first kappa shape index (κ1) is 29.1. The lowest BCUT2D eigenvalue weighted by Gasteiger charge is -2.23. The Kier molecular flexibility index (Phi) is 9.82. The summed E-state index contributed by atoms with van der Waals surface area (Å²) in [5, 5.41) is 6.50. The number of hydrogen-bond acceptors (Lipinski definition) is 5. The molecule has 5 aromatic rings. The highest BCUT2D eigenvalue weighted by Crippen LogP contribution is 2.19. The van der Waals surface area contributed by atoms with Crippen LogP contribution < -0.4 is 10.6 Å². The van der Waals surface area contributed by atoms with Gasteiger partial charge in [-0.15, -0.1) is 0 Å². The van der Waals surface area contributed by atoms with Crippen LogP contribution in [0.4, 0.5) is 4.79 Å². The van der Waals surface area contributed by atoms with Crippen molar-refractivity contribution in [1.82, 2.24) is 15.6 Å². The van der Waals surface area contributed by atoms with Crippen LogP contribution in [0.15, 0.2) is 121 Å². The van der Waals surface area contributed by atoms with Gasteiger partial charge in [0.15, 0.2) is 0 Å². The number of H-pyrrole nitrogens is 1. The third kappa shape index (κ3) is 8.33. The van der Waals surface area contributed by atoms with Gasteiger partial charge in [0.2, 0.25) is 5.91 Å². The smallest absolute Gasteiger partial charge is 0.408 e. The Hall–Kier alpha value is -5.37. The molecule has 0 bridgehead atoms. The quantitative estimate of drug-likeness (QED) is 0.171. The van der Waals surface area contributed by atoms with Gasteiger partial charge < -0.3 is 25.1 Å². The van der Waals surface area contributed by atoms with Crippen molar-refractivity contribution in [1.29, 1.82) is 0 Å². The van der Waals surface area contributed by atoms with Crippen LogP contribution in [0.2, 0.25) is 0 Å². The van der Waals surface area contributed by atoms with Crippen molar-refractivity contribution in [2.75, 3.05) is 0 Å². The van der Waals surface area contributed by atoms with Crippen molar-refractivity contribution in [3.8, 4) is 0 Å². The minimum absolute atomic E-state index is 0.0521. The van der Waals surface area contributed by atoms with Crippen LogP contribution in [-0.4, -0.2) is 35.0 Å². The highest BCUT2D eigenvalue weighted by Gasteiger charge is 2.29. The van der Waals surface area contributed by atoms with Gasteiger partial charge in [-0.05, 0) is 28.3 Å². The molecule has 218 valence electrons. The third-order valence-electron chi connectivity index (χ3n) is 7.03. The summed E-state index contributed by atoms with van der Waals surface area (Å²) in [5.41, 5.74) is 4.26. The number of fused-ring (bicyclic) bond motifs is 1. The Balaban J connectivity index is 1.33. The number of benzene rings is 4. The summed E-state index contributed by atoms with van der Waals surface area (Å²) in [7, 11) is 0. The number of ether oxygens (including phenoxy) is 2. The lowest BCUT2D eigenvalue weighted by molar-refractivity contribution is -0.149. The molecule has 2 amide bonds. The van der Waals surface area contributed by atoms with Crippen molar-refractivity contribution in [3.05, 3.63) is 144 Å². The van der Waals surface area contributed by atoms with E-state index in [0.717, 1.165) is 33.2 Å². The Morgan fingerprint density at radius 2 is 1.16 bits per heavy atom. The van der Waals surface area contributed by atoms with E-state index in [1.165, 1.54) is 0 Å². The second-order valence-corrected chi connectivity index (χ2v) is 10.2. The first-order valence-electron chi connectivity index (χ1n) is 14.1. The maximum absolute atomic E-state index is 13.8. The number of nitrogens with one attached hydrogen (secondary N) is 3. The molecule has 0 aliphatic heterocycles. The number of alkyl carbamates (subject to hydrolysis) is 1. The summed E-state index contributed by atoms with van der Waals surface area (Å²) in [5.74, 6) is -1.10. The molecular weight excluding hydrogens is 542 g/mol. The van der Waals surface area contributed by atoms with E-state index in [-0.39, 0.29) is 26.1 Å². The minimum Gasteiger partial charge on any atom is -0.459 e. The number of esters is 1. The number of carbonyl (C=O) groups is 3. The summed E-state index contributed by atoms with van der Waals surface area (Å²) in [4.78, 5) is 43.2. The first-order chi connectivity index (χ1) is 21.0. The largest absolute Gasteiger partial charge is 0.459 e. The number of aromatic amines is 1. The lowest BCUT2D eigenvalue weighted by atomic mass is 10.0. The van der Waals surface area contributed by atoms with Gasteiger partial charge in [-0.2, -0.15) is 0 Å². The number of para-hydroxylation sites is 1. The molecule has 0 saturated carbocycles. The summed E-state index contributed by atoms with van der Waals surface area (Å²) >= 11 is 0. The fraction of sp³-hybridized carbons (Fsp3) is 0.171. The third-order valence-corrected chi connectivity index (χ3v) is 7.03. The van der Waals surface area contributed by atoms with Crippen LogP contribution >= 0.6 is 0 Å². The molecule has 5 rings (SSSR count). The first-order valence-corrected chi connectivity index (χ1v) is 14.1. The monoisotopic (exact) mass is 575 g/mol. The molecule has 43 heavy (non-hydrogen) atoms. The van der Waals surface area contributed by atoms with E-state index < -0.39 is 30.1 Å². The molecule has 0 spiro atoms. The van der Waals surface area contributed by atoms with Gasteiger partial charge in [-0.25, -0.2) is 9.59 Å². The zero-order chi connectivity index (χ0) is 29.9. The summed E-state index contributed by atoms with van der Waals surface area (Å²) in [6.07, 6.45) is 1.47. The summed E-state index contributed by atoms with van der Waals surface area (Å²) < 4.78 is 11.0. The maximum Gasteiger partial charge on any atom is 0.408 e. The van der Waals surface area contributed by atoms with Gasteiger partial charge >= 0.3 is 12.1 Å². The summed E-state index contributed by atoms with van der Waals surface area (Å²) in [6.45, 7) is 0.125. The van der Waals surface area contributed by atoms with E-state index in [4.69, 9.17) is 9.47 Å². The highest BCUT2D eigenvalue weighted by atomic mass is 16.5. The lowest BCUT2D eigenvalue weighted by Crippen LogP contribution is -2.53. The molecule has 0 aliphatic carbocycles. The van der Waals surface area contributed by atoms with E-state index >= 15 is 0 Å². The minimum atomic E-state index is -1.03. The van der Waals surface area contributed by atoms with Crippen LogP contribution in [-0.2, 0) is 45.1 Å². The van der Waals surface area contributed by atoms with Crippen LogP contribution in [0.25, 0.3) is 10.9 Å². The number of aromatic nitrogens is 1. The van der Waals surface area contributed by atoms with Gasteiger partial charge in [0.05, 0.1) is 0 Å². The average Bonchev–Trinajstić information content (AvgIpc) is 3.46. The fourth-order valence-electron chi connectivity index (χ4n) is 4.78. The molecule has 8 nitrogen and oxygen atoms in total. The predicted octanol–water partition coefficient (Wildman–Crippen LogP) is 5.48. The van der Waals surface area contributed by atoms with E-state index in [9.17, 15) is 14.4 Å². The second-order valence-electron chi connectivity index (χ2n) is 10.2. The molecule has 1 heterocycles. The van der Waals surface area contributed by atoms with Gasteiger partial charge in [0.1, 0.15) is 25.3 Å². The molecular formula is C35H33N3O5. The van der Waals surface area contributed by atoms with Crippen molar-refractivity contribution < 1.29 is 23.9 Å². The van der Waals surface area contributed by atoms with Crippen LogP contribution in [0.1, 0.15) is 22.3 Å². The van der Waals surface area contributed by atoms with E-state index in [2.05, 4.69) is 15.6 Å². The van der Waals surface area contributed by atoms with Gasteiger partial charge in [-0.3, -0.25) is 4.79 Å². The number of rotatable bonds is 12. The zero-order valence-electron chi connectivity index (χ0n) is 23.6. The average molecular weight is 576 g/mol. The Labute approximate surface area is 250 Å². The fourth-order valence-corrected chi connectivity index (χ4v) is 4.78. The van der Waals surface area contributed by atoms with E-state index in [0.29, 0.717) is 0 Å². The van der Waals surface area contributed by atoms with Crippen molar-refractivity contribution >= 4 is 28.9 Å². The molecule has 0 unspecified atom stereocenters. The Bertz CT molecular complexity index is 1640. The molecule has 4 aromatic carbocycles. The number of carbonyl (C=O) groups excluding carboxylic acids is 3. The second kappa shape index (κ2) is 14.5. The molecule has 0 saturated heterocycles. The molecule has 3 N–H and O–H groups in total. The highest BCUT2D eigenvalue weighted by molar-refractivity contribution is 5.91. The molecule has 8 heteroatoms. The van der Waals surface area contributed by atoms with Crippen molar-refractivity contribution in [3.63, 3.8) is 0 Å². The van der Waals surface area contributed by atoms with Crippen LogP contribution in [0.3, 0.4) is 0 Å². The normalized spacial score (nSPS) is 12.2. The molecule has 1 aromatic heterocycles. The van der Waals surface area contributed by atoms with Crippen molar-refractivity contribution in [2.45, 2.75) is 38.1 Å². The Morgan fingerprint density at radius 3 is 1.81 bits per heavy atom. The number of amides is 2. The zero-order valence-corrected chi connectivity index (χ0v) is 23.6. The van der Waals surface area contributed by atoms with E-state index in [1.807, 2.05) is 121 Å². The van der Waals surface area contributed by atoms with Gasteiger partial charge in [0, 0.05) is 29.9 Å². The van der Waals surface area contributed by atoms with E-state index in [1.54, 1.807) is 0 Å².